The molecule has 0 saturated heterocycles. The minimum Gasteiger partial charge on any atom is -0.347 e. The summed E-state index contributed by atoms with van der Waals surface area (Å²) in [6.07, 6.45) is 0. The van der Waals surface area contributed by atoms with E-state index in [1.165, 1.54) is 27.1 Å². The molecule has 2 aromatic rings. The van der Waals surface area contributed by atoms with Gasteiger partial charge in [-0.15, -0.1) is 11.3 Å². The number of amides is 2. The minimum absolute atomic E-state index is 0.0788. The minimum atomic E-state index is -3.59. The summed E-state index contributed by atoms with van der Waals surface area (Å²) in [7, 11) is -0.676. The third-order valence-electron chi connectivity index (χ3n) is 3.30. The first-order valence-corrected chi connectivity index (χ1v) is 9.63. The van der Waals surface area contributed by atoms with Gasteiger partial charge in [0.15, 0.2) is 0 Å². The zero-order valence-electron chi connectivity index (χ0n) is 14.1. The van der Waals surface area contributed by atoms with Crippen molar-refractivity contribution in [2.45, 2.75) is 18.4 Å². The molecule has 2 rings (SSSR count). The number of hydrogen-bond acceptors (Lipinski definition) is 5. The summed E-state index contributed by atoms with van der Waals surface area (Å²) in [5, 5.41) is 5.90. The number of benzene rings is 1. The van der Waals surface area contributed by atoms with E-state index in [2.05, 4.69) is 10.6 Å². The number of carbonyl (C=O) groups is 2. The molecule has 1 aromatic carbocycles. The Bertz CT molecular complexity index is 888. The summed E-state index contributed by atoms with van der Waals surface area (Å²) in [6.45, 7) is 1.47. The van der Waals surface area contributed by atoms with Crippen LogP contribution in [0.25, 0.3) is 0 Å². The summed E-state index contributed by atoms with van der Waals surface area (Å²) in [5.74, 6) is -0.546. The fourth-order valence-electron chi connectivity index (χ4n) is 2.06. The molecule has 1 aromatic heterocycles. The molecule has 0 fully saturated rings. The van der Waals surface area contributed by atoms with Crippen LogP contribution in [0.3, 0.4) is 0 Å². The Kier molecular flexibility index (Phi) is 5.93. The van der Waals surface area contributed by atoms with Crippen LogP contribution in [0.5, 0.6) is 0 Å². The van der Waals surface area contributed by atoms with E-state index >= 15 is 0 Å². The van der Waals surface area contributed by atoms with Crippen LogP contribution in [0.2, 0.25) is 0 Å². The molecule has 0 atom stereocenters. The first-order chi connectivity index (χ1) is 11.7. The van der Waals surface area contributed by atoms with E-state index in [-0.39, 0.29) is 23.3 Å². The molecule has 2 N–H and O–H groups in total. The quantitative estimate of drug-likeness (QED) is 0.799. The number of thiophene rings is 1. The van der Waals surface area contributed by atoms with Crippen molar-refractivity contribution in [3.05, 3.63) is 46.8 Å². The molecule has 0 aliphatic heterocycles. The Hall–Kier alpha value is -2.23. The lowest BCUT2D eigenvalue weighted by Gasteiger charge is -2.15. The second-order valence-electron chi connectivity index (χ2n) is 5.42. The SMILES string of the molecule is CC(=O)Nc1ccc(C(=O)NCc2ccccc2S(=O)(=O)N(C)C)s1. The van der Waals surface area contributed by atoms with Gasteiger partial charge in [0.05, 0.1) is 14.8 Å². The van der Waals surface area contributed by atoms with Crippen LogP contribution in [-0.2, 0) is 21.4 Å². The fourth-order valence-corrected chi connectivity index (χ4v) is 4.05. The molecule has 9 heteroatoms. The average molecular weight is 381 g/mol. The average Bonchev–Trinajstić information content (AvgIpc) is 3.00. The first-order valence-electron chi connectivity index (χ1n) is 7.38. The van der Waals surface area contributed by atoms with Crippen LogP contribution in [0.15, 0.2) is 41.3 Å². The summed E-state index contributed by atoms with van der Waals surface area (Å²) in [5.41, 5.74) is 0.503. The maximum atomic E-state index is 12.3. The third kappa shape index (κ3) is 4.65. The Labute approximate surface area is 150 Å². The van der Waals surface area contributed by atoms with Gasteiger partial charge in [0.1, 0.15) is 0 Å². The molecule has 0 bridgehead atoms. The monoisotopic (exact) mass is 381 g/mol. The van der Waals surface area contributed by atoms with Crippen molar-refractivity contribution in [3.63, 3.8) is 0 Å². The molecule has 0 saturated carbocycles. The second-order valence-corrected chi connectivity index (χ2v) is 8.63. The van der Waals surface area contributed by atoms with Gasteiger partial charge >= 0.3 is 0 Å². The predicted octanol–water partition coefficient (Wildman–Crippen LogP) is 1.89. The smallest absolute Gasteiger partial charge is 0.261 e. The van der Waals surface area contributed by atoms with E-state index in [0.717, 1.165) is 15.6 Å². The molecule has 7 nitrogen and oxygen atoms in total. The van der Waals surface area contributed by atoms with Crippen molar-refractivity contribution in [2.24, 2.45) is 0 Å². The third-order valence-corrected chi connectivity index (χ3v) is 6.21. The number of sulfonamides is 1. The highest BCUT2D eigenvalue weighted by Crippen LogP contribution is 2.22. The maximum absolute atomic E-state index is 12.3. The highest BCUT2D eigenvalue weighted by molar-refractivity contribution is 7.89. The molecular weight excluding hydrogens is 362 g/mol. The van der Waals surface area contributed by atoms with Crippen molar-refractivity contribution < 1.29 is 18.0 Å². The van der Waals surface area contributed by atoms with E-state index in [0.29, 0.717) is 15.4 Å². The number of nitrogens with one attached hydrogen (secondary N) is 2. The summed E-state index contributed by atoms with van der Waals surface area (Å²) < 4.78 is 25.8. The Morgan fingerprint density at radius 1 is 1.12 bits per heavy atom. The van der Waals surface area contributed by atoms with E-state index in [1.807, 2.05) is 0 Å². The van der Waals surface area contributed by atoms with Crippen LogP contribution < -0.4 is 10.6 Å². The lowest BCUT2D eigenvalue weighted by atomic mass is 10.2. The van der Waals surface area contributed by atoms with Crippen molar-refractivity contribution in [1.29, 1.82) is 0 Å². The van der Waals surface area contributed by atoms with Gasteiger partial charge in [-0.3, -0.25) is 9.59 Å². The van der Waals surface area contributed by atoms with Crippen LogP contribution >= 0.6 is 11.3 Å². The highest BCUT2D eigenvalue weighted by Gasteiger charge is 2.21. The molecule has 0 aliphatic carbocycles. The molecule has 0 radical (unpaired) electrons. The molecule has 0 unspecified atom stereocenters. The number of anilines is 1. The topological polar surface area (TPSA) is 95.6 Å². The van der Waals surface area contributed by atoms with E-state index in [1.54, 1.807) is 30.3 Å². The Balaban J connectivity index is 2.13. The van der Waals surface area contributed by atoms with E-state index < -0.39 is 10.0 Å². The predicted molar refractivity (Wildman–Crippen MR) is 97.1 cm³/mol. The summed E-state index contributed by atoms with van der Waals surface area (Å²) in [6, 6.07) is 9.78. The van der Waals surface area contributed by atoms with Crippen molar-refractivity contribution in [1.82, 2.24) is 9.62 Å². The highest BCUT2D eigenvalue weighted by atomic mass is 32.2. The summed E-state index contributed by atoms with van der Waals surface area (Å²) in [4.78, 5) is 23.8. The maximum Gasteiger partial charge on any atom is 0.261 e. The zero-order chi connectivity index (χ0) is 18.6. The largest absolute Gasteiger partial charge is 0.347 e. The zero-order valence-corrected chi connectivity index (χ0v) is 15.7. The molecular formula is C16H19N3O4S2. The van der Waals surface area contributed by atoms with E-state index in [9.17, 15) is 18.0 Å². The fraction of sp³-hybridized carbons (Fsp3) is 0.250. The number of carbonyl (C=O) groups excluding carboxylic acids is 2. The first kappa shape index (κ1) is 19.1. The molecule has 1 heterocycles. The van der Waals surface area contributed by atoms with Crippen LogP contribution in [0, 0.1) is 0 Å². The number of hydrogen-bond donors (Lipinski definition) is 2. The number of rotatable bonds is 6. The van der Waals surface area contributed by atoms with Crippen LogP contribution in [-0.4, -0.2) is 38.6 Å². The van der Waals surface area contributed by atoms with Crippen molar-refractivity contribution in [3.8, 4) is 0 Å². The van der Waals surface area contributed by atoms with Gasteiger partial charge in [-0.05, 0) is 23.8 Å². The van der Waals surface area contributed by atoms with Gasteiger partial charge in [0.25, 0.3) is 5.91 Å². The molecule has 0 spiro atoms. The van der Waals surface area contributed by atoms with Gasteiger partial charge in [-0.25, -0.2) is 12.7 Å². The molecule has 0 aliphatic rings. The molecule has 2 amide bonds. The summed E-state index contributed by atoms with van der Waals surface area (Å²) >= 11 is 1.15. The lowest BCUT2D eigenvalue weighted by Crippen LogP contribution is -2.26. The van der Waals surface area contributed by atoms with Crippen LogP contribution in [0.4, 0.5) is 5.00 Å². The van der Waals surface area contributed by atoms with Crippen molar-refractivity contribution >= 4 is 38.2 Å². The lowest BCUT2D eigenvalue weighted by molar-refractivity contribution is -0.114. The Morgan fingerprint density at radius 3 is 2.44 bits per heavy atom. The normalized spacial score (nSPS) is 11.4. The van der Waals surface area contributed by atoms with Gasteiger partial charge in [0, 0.05) is 27.6 Å². The Morgan fingerprint density at radius 2 is 1.80 bits per heavy atom. The van der Waals surface area contributed by atoms with Crippen molar-refractivity contribution in [2.75, 3.05) is 19.4 Å². The second kappa shape index (κ2) is 7.77. The van der Waals surface area contributed by atoms with Crippen LogP contribution in [0.1, 0.15) is 22.2 Å². The van der Waals surface area contributed by atoms with Gasteiger partial charge < -0.3 is 10.6 Å². The standard InChI is InChI=1S/C16H19N3O4S2/c1-11(20)18-15-9-8-13(24-15)16(21)17-10-12-6-4-5-7-14(12)25(22,23)19(2)3/h4-9H,10H2,1-3H3,(H,17,21)(H,18,20). The van der Waals surface area contributed by atoms with E-state index in [4.69, 9.17) is 0 Å². The molecule has 25 heavy (non-hydrogen) atoms. The van der Waals surface area contributed by atoms with Gasteiger partial charge in [-0.2, -0.15) is 0 Å². The van der Waals surface area contributed by atoms with Gasteiger partial charge in [0.2, 0.25) is 15.9 Å². The number of nitrogens with zero attached hydrogens (tertiary/aromatic N) is 1. The van der Waals surface area contributed by atoms with Gasteiger partial charge in [-0.1, -0.05) is 18.2 Å². The molecule has 134 valence electrons.